The van der Waals surface area contributed by atoms with Crippen molar-refractivity contribution in [2.24, 2.45) is 5.92 Å². The van der Waals surface area contributed by atoms with Crippen LogP contribution in [0.1, 0.15) is 36.3 Å². The van der Waals surface area contributed by atoms with Crippen molar-refractivity contribution in [2.45, 2.75) is 32.1 Å². The number of aryl methyl sites for hydroxylation is 1. The van der Waals surface area contributed by atoms with Crippen molar-refractivity contribution in [3.05, 3.63) is 33.9 Å². The average molecular weight is 275 g/mol. The molecule has 0 aromatic heterocycles. The molecule has 1 unspecified atom stereocenters. The molecule has 1 saturated carbocycles. The second-order valence-corrected chi connectivity index (χ2v) is 5.17. The highest BCUT2D eigenvalue weighted by atomic mass is 35.5. The minimum absolute atomic E-state index is 0.0444. The maximum absolute atomic E-state index is 14.0. The van der Waals surface area contributed by atoms with Crippen LogP contribution in [0.15, 0.2) is 6.07 Å². The predicted octanol–water partition coefficient (Wildman–Crippen LogP) is 3.89. The maximum atomic E-state index is 14.0. The minimum Gasteiger partial charge on any atom is -0.481 e. The van der Waals surface area contributed by atoms with Gasteiger partial charge in [0, 0.05) is 11.5 Å². The molecule has 0 bridgehead atoms. The van der Waals surface area contributed by atoms with Gasteiger partial charge in [0.1, 0.15) is 11.6 Å². The van der Waals surface area contributed by atoms with Gasteiger partial charge in [0.25, 0.3) is 0 Å². The lowest BCUT2D eigenvalue weighted by molar-refractivity contribution is -0.137. The van der Waals surface area contributed by atoms with Gasteiger partial charge in [0.2, 0.25) is 0 Å². The SMILES string of the molecule is Cc1cc(Cl)c(F)c(C(CC(=O)O)C2CC2)c1F. The normalized spacial score (nSPS) is 16.7. The van der Waals surface area contributed by atoms with Crippen LogP contribution in [-0.2, 0) is 4.79 Å². The van der Waals surface area contributed by atoms with Crippen molar-refractivity contribution in [1.29, 1.82) is 0 Å². The Morgan fingerprint density at radius 1 is 1.50 bits per heavy atom. The van der Waals surface area contributed by atoms with Crippen molar-refractivity contribution in [3.63, 3.8) is 0 Å². The van der Waals surface area contributed by atoms with E-state index in [4.69, 9.17) is 16.7 Å². The lowest BCUT2D eigenvalue weighted by Gasteiger charge is -2.18. The first-order chi connectivity index (χ1) is 8.41. The summed E-state index contributed by atoms with van der Waals surface area (Å²) < 4.78 is 28.0. The Morgan fingerprint density at radius 2 is 2.11 bits per heavy atom. The van der Waals surface area contributed by atoms with Crippen LogP contribution in [0.5, 0.6) is 0 Å². The fourth-order valence-corrected chi connectivity index (χ4v) is 2.54. The van der Waals surface area contributed by atoms with Crippen molar-refractivity contribution >= 4 is 17.6 Å². The molecule has 0 aliphatic heterocycles. The van der Waals surface area contributed by atoms with E-state index >= 15 is 0 Å². The zero-order valence-corrected chi connectivity index (χ0v) is 10.6. The van der Waals surface area contributed by atoms with Gasteiger partial charge >= 0.3 is 5.97 Å². The molecule has 1 aliphatic carbocycles. The van der Waals surface area contributed by atoms with Gasteiger partial charge in [0.15, 0.2) is 0 Å². The molecule has 0 saturated heterocycles. The summed E-state index contributed by atoms with van der Waals surface area (Å²) in [6.45, 7) is 1.49. The molecule has 5 heteroatoms. The molecule has 1 aliphatic rings. The molecule has 1 aromatic carbocycles. The first-order valence-electron chi connectivity index (χ1n) is 5.77. The smallest absolute Gasteiger partial charge is 0.303 e. The minimum atomic E-state index is -1.05. The summed E-state index contributed by atoms with van der Waals surface area (Å²) in [4.78, 5) is 10.8. The van der Waals surface area contributed by atoms with Crippen molar-refractivity contribution in [1.82, 2.24) is 0 Å². The molecule has 2 nitrogen and oxygen atoms in total. The lowest BCUT2D eigenvalue weighted by atomic mass is 9.89. The number of aliphatic carboxylic acids is 1. The van der Waals surface area contributed by atoms with E-state index < -0.39 is 23.5 Å². The van der Waals surface area contributed by atoms with Crippen LogP contribution in [0, 0.1) is 24.5 Å². The van der Waals surface area contributed by atoms with Gasteiger partial charge in [-0.3, -0.25) is 4.79 Å². The molecule has 0 spiro atoms. The molecule has 1 aromatic rings. The van der Waals surface area contributed by atoms with Crippen molar-refractivity contribution in [2.75, 3.05) is 0 Å². The van der Waals surface area contributed by atoms with E-state index in [1.165, 1.54) is 13.0 Å². The van der Waals surface area contributed by atoms with Crippen LogP contribution >= 0.6 is 11.6 Å². The number of benzene rings is 1. The number of carbonyl (C=O) groups is 1. The van der Waals surface area contributed by atoms with Crippen LogP contribution < -0.4 is 0 Å². The van der Waals surface area contributed by atoms with E-state index in [-0.39, 0.29) is 28.5 Å². The van der Waals surface area contributed by atoms with Gasteiger partial charge < -0.3 is 5.11 Å². The summed E-state index contributed by atoms with van der Waals surface area (Å²) in [5, 5.41) is 8.71. The molecule has 2 rings (SSSR count). The first kappa shape index (κ1) is 13.3. The third-order valence-corrected chi connectivity index (χ3v) is 3.60. The topological polar surface area (TPSA) is 37.3 Å². The molecular weight excluding hydrogens is 262 g/mol. The van der Waals surface area contributed by atoms with E-state index in [1.54, 1.807) is 0 Å². The third-order valence-electron chi connectivity index (χ3n) is 3.33. The summed E-state index contributed by atoms with van der Waals surface area (Å²) in [5.74, 6) is -3.13. The maximum Gasteiger partial charge on any atom is 0.303 e. The van der Waals surface area contributed by atoms with E-state index in [1.807, 2.05) is 0 Å². The van der Waals surface area contributed by atoms with Crippen LogP contribution in [0.25, 0.3) is 0 Å². The Kier molecular flexibility index (Phi) is 3.57. The highest BCUT2D eigenvalue weighted by Crippen LogP contribution is 2.47. The van der Waals surface area contributed by atoms with E-state index in [9.17, 15) is 13.6 Å². The Morgan fingerprint density at radius 3 is 2.61 bits per heavy atom. The van der Waals surface area contributed by atoms with Crippen LogP contribution in [0.4, 0.5) is 8.78 Å². The number of rotatable bonds is 4. The van der Waals surface area contributed by atoms with Gasteiger partial charge in [-0.15, -0.1) is 0 Å². The molecule has 1 fully saturated rings. The number of hydrogen-bond donors (Lipinski definition) is 1. The van der Waals surface area contributed by atoms with Gasteiger partial charge in [-0.1, -0.05) is 11.6 Å². The predicted molar refractivity (Wildman–Crippen MR) is 63.8 cm³/mol. The molecule has 0 radical (unpaired) electrons. The van der Waals surface area contributed by atoms with Crippen molar-refractivity contribution < 1.29 is 18.7 Å². The summed E-state index contributed by atoms with van der Waals surface area (Å²) in [6.07, 6.45) is 1.35. The monoisotopic (exact) mass is 274 g/mol. The Bertz CT molecular complexity index is 472. The standard InChI is InChI=1S/C13H13ClF2O2/c1-6-4-9(14)13(16)11(12(6)15)8(5-10(17)18)7-2-3-7/h4,7-8H,2-3,5H2,1H3,(H,17,18). The number of halogens is 3. The average Bonchev–Trinajstić information content (AvgIpc) is 3.08. The van der Waals surface area contributed by atoms with Gasteiger partial charge in [-0.2, -0.15) is 0 Å². The Balaban J connectivity index is 2.49. The highest BCUT2D eigenvalue weighted by molar-refractivity contribution is 6.30. The van der Waals surface area contributed by atoms with Gasteiger partial charge in [-0.05, 0) is 37.3 Å². The summed E-state index contributed by atoms with van der Waals surface area (Å²) in [5.41, 5.74) is 0.0809. The molecule has 18 heavy (non-hydrogen) atoms. The number of carboxylic acids is 1. The second kappa shape index (κ2) is 4.84. The van der Waals surface area contributed by atoms with Gasteiger partial charge in [0.05, 0.1) is 11.4 Å². The van der Waals surface area contributed by atoms with Gasteiger partial charge in [-0.25, -0.2) is 8.78 Å². The molecule has 1 atom stereocenters. The molecule has 0 amide bonds. The lowest BCUT2D eigenvalue weighted by Crippen LogP contribution is -2.13. The second-order valence-electron chi connectivity index (χ2n) is 4.76. The number of hydrogen-bond acceptors (Lipinski definition) is 1. The Hall–Kier alpha value is -1.16. The summed E-state index contributed by atoms with van der Waals surface area (Å²) in [7, 11) is 0. The van der Waals surface area contributed by atoms with E-state index in [0.29, 0.717) is 0 Å². The van der Waals surface area contributed by atoms with Crippen molar-refractivity contribution in [3.8, 4) is 0 Å². The number of carboxylic acid groups (broad SMARTS) is 1. The summed E-state index contributed by atoms with van der Waals surface area (Å²) in [6, 6.07) is 1.22. The molecular formula is C13H13ClF2O2. The van der Waals surface area contributed by atoms with E-state index in [0.717, 1.165) is 12.8 Å². The van der Waals surface area contributed by atoms with Crippen LogP contribution in [-0.4, -0.2) is 11.1 Å². The quantitative estimate of drug-likeness (QED) is 0.846. The van der Waals surface area contributed by atoms with Crippen LogP contribution in [0.2, 0.25) is 5.02 Å². The fourth-order valence-electron chi connectivity index (χ4n) is 2.27. The largest absolute Gasteiger partial charge is 0.481 e. The highest BCUT2D eigenvalue weighted by Gasteiger charge is 2.37. The third kappa shape index (κ3) is 2.48. The fraction of sp³-hybridized carbons (Fsp3) is 0.462. The zero-order valence-electron chi connectivity index (χ0n) is 9.84. The van der Waals surface area contributed by atoms with E-state index in [2.05, 4.69) is 0 Å². The first-order valence-corrected chi connectivity index (χ1v) is 6.15. The molecule has 1 N–H and O–H groups in total. The zero-order chi connectivity index (χ0) is 13.4. The Labute approximate surface area is 109 Å². The molecule has 98 valence electrons. The summed E-state index contributed by atoms with van der Waals surface area (Å²) >= 11 is 5.71. The molecule has 0 heterocycles. The van der Waals surface area contributed by atoms with Crippen LogP contribution in [0.3, 0.4) is 0 Å².